The molecule has 1 heterocycles. The topological polar surface area (TPSA) is 72.2 Å². The van der Waals surface area contributed by atoms with E-state index in [2.05, 4.69) is 12.2 Å². The van der Waals surface area contributed by atoms with Crippen LogP contribution in [0.25, 0.3) is 0 Å². The van der Waals surface area contributed by atoms with E-state index in [0.717, 1.165) is 50.0 Å². The molecule has 1 aliphatic carbocycles. The average molecular weight is 286 g/mol. The molecule has 3 N–H and O–H groups in total. The number of hydrogen-bond acceptors (Lipinski definition) is 3. The first-order chi connectivity index (χ1) is 9.05. The van der Waals surface area contributed by atoms with Crippen molar-refractivity contribution >= 4 is 16.7 Å². The molecular formula is C14H26N2O2S. The van der Waals surface area contributed by atoms with Gasteiger partial charge in [-0.05, 0) is 44.4 Å². The van der Waals surface area contributed by atoms with Crippen LogP contribution in [-0.4, -0.2) is 34.2 Å². The Morgan fingerprint density at radius 1 is 1.26 bits per heavy atom. The van der Waals surface area contributed by atoms with Gasteiger partial charge >= 0.3 is 0 Å². The van der Waals surface area contributed by atoms with Crippen molar-refractivity contribution in [1.82, 2.24) is 5.32 Å². The predicted molar refractivity (Wildman–Crippen MR) is 78.2 cm³/mol. The molecule has 1 saturated heterocycles. The molecule has 110 valence electrons. The van der Waals surface area contributed by atoms with E-state index in [1.165, 1.54) is 0 Å². The normalized spacial score (nSPS) is 39.8. The van der Waals surface area contributed by atoms with E-state index >= 15 is 0 Å². The summed E-state index contributed by atoms with van der Waals surface area (Å²) in [6, 6.07) is 0.202. The zero-order valence-corrected chi connectivity index (χ0v) is 12.6. The van der Waals surface area contributed by atoms with Gasteiger partial charge in [-0.1, -0.05) is 6.92 Å². The molecule has 0 aromatic carbocycles. The maximum Gasteiger partial charge on any atom is 0.227 e. The highest BCUT2D eigenvalue weighted by Gasteiger charge is 2.40. The van der Waals surface area contributed by atoms with E-state index in [0.29, 0.717) is 12.5 Å². The quantitative estimate of drug-likeness (QED) is 0.818. The summed E-state index contributed by atoms with van der Waals surface area (Å²) in [5, 5.41) is 3.16. The van der Waals surface area contributed by atoms with Crippen molar-refractivity contribution in [3.63, 3.8) is 0 Å². The molecule has 1 amide bonds. The zero-order valence-electron chi connectivity index (χ0n) is 11.8. The van der Waals surface area contributed by atoms with Gasteiger partial charge in [0.15, 0.2) is 0 Å². The molecule has 1 aliphatic heterocycles. The van der Waals surface area contributed by atoms with Gasteiger partial charge in [0.05, 0.1) is 5.41 Å². The number of amides is 1. The molecule has 2 aliphatic rings. The number of nitrogens with one attached hydrogen (secondary N) is 1. The van der Waals surface area contributed by atoms with Crippen LogP contribution in [0.2, 0.25) is 0 Å². The van der Waals surface area contributed by atoms with E-state index in [4.69, 9.17) is 5.73 Å². The Balaban J connectivity index is 1.91. The van der Waals surface area contributed by atoms with Crippen molar-refractivity contribution in [3.05, 3.63) is 0 Å². The van der Waals surface area contributed by atoms with Gasteiger partial charge in [0, 0.05) is 34.9 Å². The molecule has 0 unspecified atom stereocenters. The Hall–Kier alpha value is -0.420. The Kier molecular flexibility index (Phi) is 5.01. The van der Waals surface area contributed by atoms with Crippen molar-refractivity contribution in [1.29, 1.82) is 0 Å². The van der Waals surface area contributed by atoms with Crippen LogP contribution in [-0.2, 0) is 15.6 Å². The van der Waals surface area contributed by atoms with Gasteiger partial charge in [0.25, 0.3) is 0 Å². The van der Waals surface area contributed by atoms with E-state index in [9.17, 15) is 9.00 Å². The Bertz CT molecular complexity index is 341. The van der Waals surface area contributed by atoms with Crippen molar-refractivity contribution < 1.29 is 9.00 Å². The van der Waals surface area contributed by atoms with Crippen LogP contribution in [0, 0.1) is 11.3 Å². The van der Waals surface area contributed by atoms with Gasteiger partial charge in [-0.2, -0.15) is 0 Å². The lowest BCUT2D eigenvalue weighted by Crippen LogP contribution is -2.51. The third-order valence-electron chi connectivity index (χ3n) is 4.83. The molecule has 5 heteroatoms. The first-order valence-electron chi connectivity index (χ1n) is 7.42. The third-order valence-corrected chi connectivity index (χ3v) is 6.21. The van der Waals surface area contributed by atoms with Gasteiger partial charge in [0.1, 0.15) is 0 Å². The third kappa shape index (κ3) is 3.57. The minimum Gasteiger partial charge on any atom is -0.353 e. The molecule has 4 nitrogen and oxygen atoms in total. The van der Waals surface area contributed by atoms with Crippen LogP contribution in [0.1, 0.15) is 45.4 Å². The van der Waals surface area contributed by atoms with Gasteiger partial charge in [0.2, 0.25) is 5.91 Å². The van der Waals surface area contributed by atoms with E-state index in [1.807, 2.05) is 0 Å². The van der Waals surface area contributed by atoms with Crippen LogP contribution in [0.4, 0.5) is 0 Å². The molecule has 19 heavy (non-hydrogen) atoms. The molecule has 0 spiro atoms. The maximum atomic E-state index is 12.5. The lowest BCUT2D eigenvalue weighted by Gasteiger charge is -2.38. The minimum atomic E-state index is -0.673. The second kappa shape index (κ2) is 6.35. The van der Waals surface area contributed by atoms with Crippen LogP contribution in [0.15, 0.2) is 0 Å². The van der Waals surface area contributed by atoms with Gasteiger partial charge < -0.3 is 11.1 Å². The van der Waals surface area contributed by atoms with Crippen LogP contribution < -0.4 is 11.1 Å². The fraction of sp³-hybridized carbons (Fsp3) is 0.929. The van der Waals surface area contributed by atoms with Crippen molar-refractivity contribution in [2.45, 2.75) is 51.5 Å². The summed E-state index contributed by atoms with van der Waals surface area (Å²) in [6.07, 6.45) is 5.70. The van der Waals surface area contributed by atoms with Gasteiger partial charge in [-0.15, -0.1) is 0 Å². The number of hydrogen-bond donors (Lipinski definition) is 2. The standard InChI is InChI=1S/C14H26N2O2S/c1-11-2-6-14(10-15,7-3-11)13(17)16-12-4-8-19(18)9-5-12/h11-12H,2-10,15H2,1H3,(H,16,17). The monoisotopic (exact) mass is 286 g/mol. The summed E-state index contributed by atoms with van der Waals surface area (Å²) in [6.45, 7) is 2.69. The summed E-state index contributed by atoms with van der Waals surface area (Å²) < 4.78 is 11.3. The number of nitrogens with two attached hydrogens (primary N) is 1. The molecule has 2 rings (SSSR count). The molecule has 0 bridgehead atoms. The summed E-state index contributed by atoms with van der Waals surface area (Å²) in [7, 11) is -0.673. The summed E-state index contributed by atoms with van der Waals surface area (Å²) >= 11 is 0. The lowest BCUT2D eigenvalue weighted by molar-refractivity contribution is -0.133. The van der Waals surface area contributed by atoms with Crippen LogP contribution >= 0.6 is 0 Å². The lowest BCUT2D eigenvalue weighted by atomic mass is 9.70. The average Bonchev–Trinajstić information content (AvgIpc) is 2.42. The number of carbonyl (C=O) groups excluding carboxylic acids is 1. The largest absolute Gasteiger partial charge is 0.353 e. The highest BCUT2D eigenvalue weighted by molar-refractivity contribution is 7.85. The molecule has 0 aromatic heterocycles. The Labute approximate surface area is 118 Å². The molecule has 0 aromatic rings. The fourth-order valence-electron chi connectivity index (χ4n) is 3.12. The van der Waals surface area contributed by atoms with Gasteiger partial charge in [-0.25, -0.2) is 0 Å². The summed E-state index contributed by atoms with van der Waals surface area (Å²) in [5.74, 6) is 2.29. The Morgan fingerprint density at radius 2 is 1.84 bits per heavy atom. The minimum absolute atomic E-state index is 0.139. The SMILES string of the molecule is CC1CCC(CN)(C(=O)NC2CCS(=O)CC2)CC1. The van der Waals surface area contributed by atoms with Crippen LogP contribution in [0.5, 0.6) is 0 Å². The van der Waals surface area contributed by atoms with E-state index in [-0.39, 0.29) is 17.4 Å². The number of rotatable bonds is 3. The second-order valence-electron chi connectivity index (χ2n) is 6.26. The number of carbonyl (C=O) groups is 1. The highest BCUT2D eigenvalue weighted by Crippen LogP contribution is 2.38. The van der Waals surface area contributed by atoms with Crippen molar-refractivity contribution in [2.75, 3.05) is 18.1 Å². The molecule has 2 fully saturated rings. The van der Waals surface area contributed by atoms with Crippen molar-refractivity contribution in [3.8, 4) is 0 Å². The highest BCUT2D eigenvalue weighted by atomic mass is 32.2. The summed E-state index contributed by atoms with van der Waals surface area (Å²) in [4.78, 5) is 12.5. The van der Waals surface area contributed by atoms with Crippen LogP contribution in [0.3, 0.4) is 0 Å². The van der Waals surface area contributed by atoms with E-state index in [1.54, 1.807) is 0 Å². The first-order valence-corrected chi connectivity index (χ1v) is 8.90. The first kappa shape index (κ1) is 15.0. The maximum absolute atomic E-state index is 12.5. The van der Waals surface area contributed by atoms with E-state index < -0.39 is 10.8 Å². The molecule has 1 saturated carbocycles. The fourth-order valence-corrected chi connectivity index (χ4v) is 4.41. The molecular weight excluding hydrogens is 260 g/mol. The Morgan fingerprint density at radius 3 is 2.37 bits per heavy atom. The summed E-state index contributed by atoms with van der Waals surface area (Å²) in [5.41, 5.74) is 5.56. The predicted octanol–water partition coefficient (Wildman–Crippen LogP) is 1.17. The van der Waals surface area contributed by atoms with Gasteiger partial charge in [-0.3, -0.25) is 9.00 Å². The van der Waals surface area contributed by atoms with Crippen molar-refractivity contribution in [2.24, 2.45) is 17.1 Å². The smallest absolute Gasteiger partial charge is 0.227 e. The molecule has 0 radical (unpaired) electrons. The molecule has 0 atom stereocenters. The zero-order chi connectivity index (χ0) is 13.9. The second-order valence-corrected chi connectivity index (χ2v) is 7.96.